The molecule has 1 atom stereocenters. The maximum absolute atomic E-state index is 4.35. The minimum Gasteiger partial charge on any atom is -0.314 e. The number of nitrogens with zero attached hydrogens (tertiary/aromatic N) is 3. The van der Waals surface area contributed by atoms with E-state index in [-0.39, 0.29) is 0 Å². The van der Waals surface area contributed by atoms with Gasteiger partial charge in [-0.05, 0) is 39.7 Å². The Balaban J connectivity index is 2.45. The van der Waals surface area contributed by atoms with Gasteiger partial charge < -0.3 is 5.32 Å². The summed E-state index contributed by atoms with van der Waals surface area (Å²) in [6, 6.07) is 1.00. The normalized spacial score (nSPS) is 13.2. The Hall–Kier alpha value is -0.900. The van der Waals surface area contributed by atoms with Crippen LogP contribution >= 0.6 is 0 Å². The predicted octanol–water partition coefficient (Wildman–Crippen LogP) is 2.57. The molecule has 1 N–H and O–H groups in total. The van der Waals surface area contributed by atoms with Gasteiger partial charge in [0.2, 0.25) is 0 Å². The Morgan fingerprint density at radius 2 is 2.12 bits per heavy atom. The van der Waals surface area contributed by atoms with Gasteiger partial charge in [0.25, 0.3) is 0 Å². The van der Waals surface area contributed by atoms with Crippen molar-refractivity contribution in [1.29, 1.82) is 0 Å². The molecule has 0 aliphatic heterocycles. The minimum atomic E-state index is 0.399. The van der Waals surface area contributed by atoms with Gasteiger partial charge in [0.15, 0.2) is 0 Å². The second-order valence-corrected chi connectivity index (χ2v) is 4.81. The van der Waals surface area contributed by atoms with E-state index >= 15 is 0 Å². The van der Waals surface area contributed by atoms with Crippen LogP contribution in [-0.2, 0) is 6.42 Å². The molecule has 1 aromatic rings. The van der Waals surface area contributed by atoms with E-state index < -0.39 is 0 Å². The minimum absolute atomic E-state index is 0.399. The molecule has 17 heavy (non-hydrogen) atoms. The highest BCUT2D eigenvalue weighted by molar-refractivity contribution is 4.88. The van der Waals surface area contributed by atoms with Crippen molar-refractivity contribution in [2.75, 3.05) is 6.54 Å². The van der Waals surface area contributed by atoms with Crippen LogP contribution in [-0.4, -0.2) is 27.4 Å². The summed E-state index contributed by atoms with van der Waals surface area (Å²) >= 11 is 0. The molecule has 0 fully saturated rings. The van der Waals surface area contributed by atoms with Gasteiger partial charge in [-0.2, -0.15) is 5.10 Å². The molecule has 0 aromatic carbocycles. The fourth-order valence-corrected chi connectivity index (χ4v) is 1.99. The Kier molecular flexibility index (Phi) is 6.19. The lowest BCUT2D eigenvalue weighted by Crippen LogP contribution is -2.29. The molecule has 1 heterocycles. The van der Waals surface area contributed by atoms with E-state index in [4.69, 9.17) is 0 Å². The number of nitrogens with one attached hydrogen (secondary N) is 1. The van der Waals surface area contributed by atoms with Gasteiger partial charge in [0, 0.05) is 18.5 Å². The molecule has 1 unspecified atom stereocenters. The molecule has 4 nitrogen and oxygen atoms in total. The first kappa shape index (κ1) is 14.2. The van der Waals surface area contributed by atoms with Gasteiger partial charge in [-0.25, -0.2) is 9.67 Å². The van der Waals surface area contributed by atoms with Crippen molar-refractivity contribution < 1.29 is 0 Å². The van der Waals surface area contributed by atoms with Crippen LogP contribution in [0.15, 0.2) is 6.33 Å². The van der Waals surface area contributed by atoms with Crippen molar-refractivity contribution in [1.82, 2.24) is 20.1 Å². The summed E-state index contributed by atoms with van der Waals surface area (Å²) in [5, 5.41) is 7.84. The number of hydrogen-bond acceptors (Lipinski definition) is 3. The first-order valence-electron chi connectivity index (χ1n) is 6.80. The lowest BCUT2D eigenvalue weighted by Gasteiger charge is -2.16. The van der Waals surface area contributed by atoms with Gasteiger partial charge in [0.05, 0.1) is 0 Å². The highest BCUT2D eigenvalue weighted by Crippen LogP contribution is 2.09. The van der Waals surface area contributed by atoms with E-state index in [2.05, 4.69) is 43.1 Å². The predicted molar refractivity (Wildman–Crippen MR) is 71.1 cm³/mol. The van der Waals surface area contributed by atoms with Crippen molar-refractivity contribution in [3.63, 3.8) is 0 Å². The number of hydrogen-bond donors (Lipinski definition) is 1. The first-order valence-corrected chi connectivity index (χ1v) is 6.80. The highest BCUT2D eigenvalue weighted by atomic mass is 15.3. The molecule has 0 saturated heterocycles. The van der Waals surface area contributed by atoms with Gasteiger partial charge in [-0.15, -0.1) is 0 Å². The monoisotopic (exact) mass is 238 g/mol. The van der Waals surface area contributed by atoms with Crippen molar-refractivity contribution in [2.45, 2.75) is 65.5 Å². The average molecular weight is 238 g/mol. The Bertz CT molecular complexity index is 306. The van der Waals surface area contributed by atoms with Crippen LogP contribution in [0, 0.1) is 0 Å². The molecule has 0 spiro atoms. The molecule has 1 rings (SSSR count). The molecule has 98 valence electrons. The summed E-state index contributed by atoms with van der Waals surface area (Å²) in [5.41, 5.74) is 0. The van der Waals surface area contributed by atoms with Crippen molar-refractivity contribution in [3.8, 4) is 0 Å². The molecular formula is C13H26N4. The summed E-state index contributed by atoms with van der Waals surface area (Å²) < 4.78 is 2.02. The van der Waals surface area contributed by atoms with Gasteiger partial charge in [-0.1, -0.05) is 13.8 Å². The van der Waals surface area contributed by atoms with Crippen molar-refractivity contribution in [3.05, 3.63) is 12.2 Å². The number of rotatable bonds is 8. The Morgan fingerprint density at radius 1 is 1.35 bits per heavy atom. The molecular weight excluding hydrogens is 212 g/mol. The molecule has 0 amide bonds. The van der Waals surface area contributed by atoms with E-state index in [1.807, 2.05) is 4.68 Å². The van der Waals surface area contributed by atoms with Gasteiger partial charge in [-0.3, -0.25) is 0 Å². The van der Waals surface area contributed by atoms with Crippen LogP contribution in [0.3, 0.4) is 0 Å². The maximum atomic E-state index is 4.35. The van der Waals surface area contributed by atoms with E-state index in [1.54, 1.807) is 6.33 Å². The third-order valence-corrected chi connectivity index (χ3v) is 3.03. The molecule has 0 aliphatic carbocycles. The van der Waals surface area contributed by atoms with E-state index in [0.29, 0.717) is 12.1 Å². The fourth-order valence-electron chi connectivity index (χ4n) is 1.99. The molecule has 0 bridgehead atoms. The third kappa shape index (κ3) is 4.46. The zero-order chi connectivity index (χ0) is 12.7. The number of aryl methyl sites for hydroxylation is 1. The number of aromatic nitrogens is 3. The quantitative estimate of drug-likeness (QED) is 0.757. The summed E-state index contributed by atoms with van der Waals surface area (Å²) in [4.78, 5) is 4.35. The Morgan fingerprint density at radius 3 is 2.71 bits per heavy atom. The lowest BCUT2D eigenvalue weighted by molar-refractivity contribution is 0.445. The van der Waals surface area contributed by atoms with E-state index in [1.165, 1.54) is 12.8 Å². The zero-order valence-corrected chi connectivity index (χ0v) is 11.6. The fraction of sp³-hybridized carbons (Fsp3) is 0.846. The van der Waals surface area contributed by atoms with Crippen molar-refractivity contribution >= 4 is 0 Å². The molecule has 0 aliphatic rings. The zero-order valence-electron chi connectivity index (χ0n) is 11.6. The van der Waals surface area contributed by atoms with Gasteiger partial charge >= 0.3 is 0 Å². The van der Waals surface area contributed by atoms with Crippen LogP contribution in [0.2, 0.25) is 0 Å². The van der Waals surface area contributed by atoms with Crippen LogP contribution < -0.4 is 5.32 Å². The first-order chi connectivity index (χ1) is 8.19. The molecule has 0 saturated carbocycles. The lowest BCUT2D eigenvalue weighted by atomic mass is 10.1. The third-order valence-electron chi connectivity index (χ3n) is 3.03. The Labute approximate surface area is 105 Å². The standard InChI is InChI=1S/C13H26N4/c1-5-9-14-12(6-2)7-8-13-15-10-16-17(13)11(3)4/h10-12,14H,5-9H2,1-4H3. The topological polar surface area (TPSA) is 42.7 Å². The average Bonchev–Trinajstić information content (AvgIpc) is 2.78. The van der Waals surface area contributed by atoms with Crippen LogP contribution in [0.5, 0.6) is 0 Å². The maximum Gasteiger partial charge on any atom is 0.138 e. The summed E-state index contributed by atoms with van der Waals surface area (Å²) in [6.45, 7) is 9.83. The SMILES string of the molecule is CCCNC(CC)CCc1ncnn1C(C)C. The highest BCUT2D eigenvalue weighted by Gasteiger charge is 2.10. The van der Waals surface area contributed by atoms with E-state index in [0.717, 1.165) is 25.2 Å². The second-order valence-electron chi connectivity index (χ2n) is 4.81. The summed E-state index contributed by atoms with van der Waals surface area (Å²) in [7, 11) is 0. The van der Waals surface area contributed by atoms with Crippen LogP contribution in [0.4, 0.5) is 0 Å². The molecule has 0 radical (unpaired) electrons. The largest absolute Gasteiger partial charge is 0.314 e. The summed E-state index contributed by atoms with van der Waals surface area (Å²) in [5.74, 6) is 1.11. The molecule has 4 heteroatoms. The smallest absolute Gasteiger partial charge is 0.138 e. The van der Waals surface area contributed by atoms with Crippen LogP contribution in [0.1, 0.15) is 58.8 Å². The molecule has 1 aromatic heterocycles. The summed E-state index contributed by atoms with van der Waals surface area (Å²) in [6.07, 6.45) is 6.18. The van der Waals surface area contributed by atoms with Crippen LogP contribution in [0.25, 0.3) is 0 Å². The second kappa shape index (κ2) is 7.43. The van der Waals surface area contributed by atoms with Crippen molar-refractivity contribution in [2.24, 2.45) is 0 Å². The van der Waals surface area contributed by atoms with E-state index in [9.17, 15) is 0 Å². The van der Waals surface area contributed by atoms with Gasteiger partial charge in [0.1, 0.15) is 12.2 Å².